The fourth-order valence-electron chi connectivity index (χ4n) is 1.86. The Kier molecular flexibility index (Phi) is 5.16. The number of phenolic OH excluding ortho intramolecular Hbond substituents is 1. The van der Waals surface area contributed by atoms with Crippen molar-refractivity contribution in [1.82, 2.24) is 5.43 Å². The number of hydrazone groups is 1. The highest BCUT2D eigenvalue weighted by atomic mass is 79.9. The van der Waals surface area contributed by atoms with E-state index in [9.17, 15) is 9.90 Å². The van der Waals surface area contributed by atoms with E-state index in [1.165, 1.54) is 13.3 Å². The molecule has 0 fully saturated rings. The SMILES string of the molecule is COc1cc(Br)cc(/C=N/NC(=O)C2=CCCC=C2)c1O. The van der Waals surface area contributed by atoms with Gasteiger partial charge in [0.15, 0.2) is 11.5 Å². The van der Waals surface area contributed by atoms with Crippen molar-refractivity contribution in [3.05, 3.63) is 46.0 Å². The number of carbonyl (C=O) groups excluding carboxylic acids is 1. The Morgan fingerprint density at radius 1 is 1.48 bits per heavy atom. The Labute approximate surface area is 131 Å². The summed E-state index contributed by atoms with van der Waals surface area (Å²) in [6.45, 7) is 0. The zero-order valence-electron chi connectivity index (χ0n) is 11.5. The van der Waals surface area contributed by atoms with Crippen LogP contribution in [0.3, 0.4) is 0 Å². The number of benzene rings is 1. The molecule has 0 radical (unpaired) electrons. The number of carbonyl (C=O) groups is 1. The Hall–Kier alpha value is -2.08. The molecular weight excluding hydrogens is 336 g/mol. The highest BCUT2D eigenvalue weighted by Gasteiger charge is 2.09. The minimum absolute atomic E-state index is 0.0320. The number of nitrogens with one attached hydrogen (secondary N) is 1. The maximum absolute atomic E-state index is 11.8. The molecule has 2 rings (SSSR count). The normalized spacial score (nSPS) is 14.1. The molecule has 0 saturated carbocycles. The summed E-state index contributed by atoms with van der Waals surface area (Å²) in [5.41, 5.74) is 3.46. The third-order valence-corrected chi connectivity index (χ3v) is 3.37. The van der Waals surface area contributed by atoms with Gasteiger partial charge in [0, 0.05) is 15.6 Å². The monoisotopic (exact) mass is 350 g/mol. The molecule has 0 atom stereocenters. The van der Waals surface area contributed by atoms with Crippen LogP contribution in [0.4, 0.5) is 0 Å². The summed E-state index contributed by atoms with van der Waals surface area (Å²) in [5.74, 6) is 0.0224. The van der Waals surface area contributed by atoms with Gasteiger partial charge in [-0.05, 0) is 25.0 Å². The molecule has 2 N–H and O–H groups in total. The van der Waals surface area contributed by atoms with Gasteiger partial charge in [-0.15, -0.1) is 0 Å². The maximum atomic E-state index is 11.8. The summed E-state index contributed by atoms with van der Waals surface area (Å²) in [7, 11) is 1.46. The lowest BCUT2D eigenvalue weighted by Crippen LogP contribution is -2.19. The van der Waals surface area contributed by atoms with E-state index in [0.29, 0.717) is 16.9 Å². The molecule has 0 bridgehead atoms. The van der Waals surface area contributed by atoms with Crippen LogP contribution in [-0.4, -0.2) is 24.3 Å². The van der Waals surface area contributed by atoms with Crippen LogP contribution >= 0.6 is 15.9 Å². The molecule has 1 aromatic rings. The van der Waals surface area contributed by atoms with Crippen molar-refractivity contribution in [2.24, 2.45) is 5.10 Å². The molecule has 0 aliphatic heterocycles. The zero-order valence-corrected chi connectivity index (χ0v) is 13.1. The first kappa shape index (κ1) is 15.3. The molecule has 0 saturated heterocycles. The molecule has 6 heteroatoms. The fourth-order valence-corrected chi connectivity index (χ4v) is 2.31. The molecule has 0 spiro atoms. The van der Waals surface area contributed by atoms with Crippen LogP contribution in [0.1, 0.15) is 18.4 Å². The number of amides is 1. The first-order valence-electron chi connectivity index (χ1n) is 6.38. The highest BCUT2D eigenvalue weighted by Crippen LogP contribution is 2.32. The summed E-state index contributed by atoms with van der Waals surface area (Å²) in [6, 6.07) is 3.32. The van der Waals surface area contributed by atoms with E-state index in [1.807, 2.05) is 12.2 Å². The second kappa shape index (κ2) is 7.08. The van der Waals surface area contributed by atoms with Crippen LogP contribution in [-0.2, 0) is 4.79 Å². The number of rotatable bonds is 4. The third kappa shape index (κ3) is 3.95. The van der Waals surface area contributed by atoms with Crippen LogP contribution in [0, 0.1) is 0 Å². The number of ether oxygens (including phenoxy) is 1. The number of methoxy groups -OCH3 is 1. The van der Waals surface area contributed by atoms with Gasteiger partial charge in [-0.3, -0.25) is 4.79 Å². The molecule has 21 heavy (non-hydrogen) atoms. The molecule has 0 unspecified atom stereocenters. The van der Waals surface area contributed by atoms with Crippen molar-refractivity contribution in [2.45, 2.75) is 12.8 Å². The molecule has 1 aliphatic carbocycles. The van der Waals surface area contributed by atoms with Crippen molar-refractivity contribution in [2.75, 3.05) is 7.11 Å². The number of phenols is 1. The Balaban J connectivity index is 2.08. The zero-order chi connectivity index (χ0) is 15.2. The Morgan fingerprint density at radius 2 is 2.29 bits per heavy atom. The predicted molar refractivity (Wildman–Crippen MR) is 84.6 cm³/mol. The number of aromatic hydroxyl groups is 1. The standard InChI is InChI=1S/C15H15BrN2O3/c1-21-13-8-12(16)7-11(14(13)19)9-17-18-15(20)10-5-3-2-4-6-10/h3,5-9,19H,2,4H2,1H3,(H,18,20)/b17-9+. The van der Waals surface area contributed by atoms with E-state index in [4.69, 9.17) is 4.74 Å². The van der Waals surface area contributed by atoms with Crippen LogP contribution in [0.15, 0.2) is 45.5 Å². The highest BCUT2D eigenvalue weighted by molar-refractivity contribution is 9.10. The summed E-state index contributed by atoms with van der Waals surface area (Å²) in [6.07, 6.45) is 8.76. The van der Waals surface area contributed by atoms with E-state index in [1.54, 1.807) is 18.2 Å². The molecule has 1 aromatic carbocycles. The topological polar surface area (TPSA) is 70.9 Å². The van der Waals surface area contributed by atoms with Gasteiger partial charge in [-0.1, -0.05) is 34.2 Å². The Morgan fingerprint density at radius 3 is 2.95 bits per heavy atom. The second-order valence-corrected chi connectivity index (χ2v) is 5.30. The average molecular weight is 351 g/mol. The molecule has 0 heterocycles. The van der Waals surface area contributed by atoms with Gasteiger partial charge in [0.25, 0.3) is 5.91 Å². The number of hydrogen-bond acceptors (Lipinski definition) is 4. The predicted octanol–water partition coefficient (Wildman–Crippen LogP) is 2.89. The van der Waals surface area contributed by atoms with Crippen molar-refractivity contribution < 1.29 is 14.6 Å². The van der Waals surface area contributed by atoms with Gasteiger partial charge in [-0.25, -0.2) is 5.43 Å². The smallest absolute Gasteiger partial charge is 0.271 e. The summed E-state index contributed by atoms with van der Waals surface area (Å²) in [4.78, 5) is 11.8. The number of allylic oxidation sites excluding steroid dienone is 2. The van der Waals surface area contributed by atoms with E-state index >= 15 is 0 Å². The van der Waals surface area contributed by atoms with Gasteiger partial charge in [-0.2, -0.15) is 5.10 Å². The summed E-state index contributed by atoms with van der Waals surface area (Å²) in [5, 5.41) is 13.8. The van der Waals surface area contributed by atoms with Crippen molar-refractivity contribution in [1.29, 1.82) is 0 Å². The van der Waals surface area contributed by atoms with E-state index in [0.717, 1.165) is 17.3 Å². The van der Waals surface area contributed by atoms with E-state index in [2.05, 4.69) is 26.5 Å². The average Bonchev–Trinajstić information content (AvgIpc) is 2.51. The minimum atomic E-state index is -0.274. The third-order valence-electron chi connectivity index (χ3n) is 2.92. The Bertz CT molecular complexity index is 636. The lowest BCUT2D eigenvalue weighted by molar-refractivity contribution is -0.117. The van der Waals surface area contributed by atoms with Crippen LogP contribution < -0.4 is 10.2 Å². The lowest BCUT2D eigenvalue weighted by atomic mass is 10.1. The number of nitrogens with zero attached hydrogens (tertiary/aromatic N) is 1. The lowest BCUT2D eigenvalue weighted by Gasteiger charge is -2.07. The summed E-state index contributed by atoms with van der Waals surface area (Å²) >= 11 is 3.31. The quantitative estimate of drug-likeness (QED) is 0.647. The molecule has 110 valence electrons. The second-order valence-electron chi connectivity index (χ2n) is 4.38. The first-order chi connectivity index (χ1) is 10.1. The molecule has 1 aliphatic rings. The maximum Gasteiger partial charge on any atom is 0.271 e. The first-order valence-corrected chi connectivity index (χ1v) is 7.17. The van der Waals surface area contributed by atoms with Crippen LogP contribution in [0.2, 0.25) is 0 Å². The van der Waals surface area contributed by atoms with Gasteiger partial charge >= 0.3 is 0 Å². The van der Waals surface area contributed by atoms with Crippen LogP contribution in [0.25, 0.3) is 0 Å². The van der Waals surface area contributed by atoms with Gasteiger partial charge < -0.3 is 9.84 Å². The number of halogens is 1. The fraction of sp³-hybridized carbons (Fsp3) is 0.200. The van der Waals surface area contributed by atoms with Crippen molar-refractivity contribution >= 4 is 28.1 Å². The van der Waals surface area contributed by atoms with Gasteiger partial charge in [0.1, 0.15) is 0 Å². The van der Waals surface area contributed by atoms with Crippen LogP contribution in [0.5, 0.6) is 11.5 Å². The van der Waals surface area contributed by atoms with Crippen molar-refractivity contribution in [3.63, 3.8) is 0 Å². The number of hydrogen-bond donors (Lipinski definition) is 2. The van der Waals surface area contributed by atoms with E-state index < -0.39 is 0 Å². The molecular formula is C15H15BrN2O3. The van der Waals surface area contributed by atoms with Gasteiger partial charge in [0.05, 0.1) is 13.3 Å². The minimum Gasteiger partial charge on any atom is -0.504 e. The van der Waals surface area contributed by atoms with E-state index in [-0.39, 0.29) is 11.7 Å². The van der Waals surface area contributed by atoms with Gasteiger partial charge in [0.2, 0.25) is 0 Å². The molecule has 0 aromatic heterocycles. The molecule has 1 amide bonds. The summed E-state index contributed by atoms with van der Waals surface area (Å²) < 4.78 is 5.78. The van der Waals surface area contributed by atoms with Crippen molar-refractivity contribution in [3.8, 4) is 11.5 Å². The largest absolute Gasteiger partial charge is 0.504 e. The molecule has 5 nitrogen and oxygen atoms in total.